The van der Waals surface area contributed by atoms with Crippen molar-refractivity contribution in [3.63, 3.8) is 0 Å². The van der Waals surface area contributed by atoms with Gasteiger partial charge in [0.15, 0.2) is 5.82 Å². The first-order chi connectivity index (χ1) is 7.84. The largest absolute Gasteiger partial charge is 0.368 e. The summed E-state index contributed by atoms with van der Waals surface area (Å²) in [5, 5.41) is 3.42. The second kappa shape index (κ2) is 3.77. The van der Waals surface area contributed by atoms with E-state index < -0.39 is 0 Å². The first-order valence-corrected chi connectivity index (χ1v) is 5.84. The van der Waals surface area contributed by atoms with Gasteiger partial charge in [0.2, 0.25) is 0 Å². The molecule has 0 aromatic carbocycles. The number of pyridine rings is 1. The van der Waals surface area contributed by atoms with E-state index in [0.29, 0.717) is 0 Å². The summed E-state index contributed by atoms with van der Waals surface area (Å²) < 4.78 is 2.02. The van der Waals surface area contributed by atoms with Gasteiger partial charge in [-0.15, -0.1) is 0 Å². The summed E-state index contributed by atoms with van der Waals surface area (Å²) >= 11 is 0. The fourth-order valence-corrected chi connectivity index (χ4v) is 2.13. The van der Waals surface area contributed by atoms with Crippen molar-refractivity contribution in [3.05, 3.63) is 18.6 Å². The molecule has 0 bridgehead atoms. The van der Waals surface area contributed by atoms with Crippen molar-refractivity contribution in [2.75, 3.05) is 11.9 Å². The maximum atomic E-state index is 4.38. The van der Waals surface area contributed by atoms with E-state index in [1.54, 1.807) is 0 Å². The topological polar surface area (TPSA) is 42.7 Å². The summed E-state index contributed by atoms with van der Waals surface area (Å²) in [4.78, 5) is 8.74. The molecule has 2 aromatic rings. The van der Waals surface area contributed by atoms with Gasteiger partial charge in [-0.25, -0.2) is 9.97 Å². The average Bonchev–Trinajstić information content (AvgIpc) is 2.60. The van der Waals surface area contributed by atoms with Gasteiger partial charge < -0.3 is 9.88 Å². The molecule has 4 heteroatoms. The van der Waals surface area contributed by atoms with Crippen LogP contribution in [0.3, 0.4) is 0 Å². The molecule has 2 heterocycles. The van der Waals surface area contributed by atoms with Crippen molar-refractivity contribution in [2.24, 2.45) is 13.0 Å². The number of rotatable bonds is 3. The number of aromatic nitrogens is 3. The molecule has 0 aliphatic heterocycles. The number of nitrogens with one attached hydrogen (secondary N) is 1. The van der Waals surface area contributed by atoms with E-state index in [0.717, 1.165) is 29.3 Å². The third-order valence-electron chi connectivity index (χ3n) is 3.43. The van der Waals surface area contributed by atoms with Gasteiger partial charge in [0, 0.05) is 19.8 Å². The second-order valence-corrected chi connectivity index (χ2v) is 4.56. The molecule has 0 atom stereocenters. The molecular weight excluding hydrogens is 200 g/mol. The highest BCUT2D eigenvalue weighted by Gasteiger charge is 2.17. The fourth-order valence-electron chi connectivity index (χ4n) is 2.13. The molecular formula is C12H16N4. The lowest BCUT2D eigenvalue weighted by Gasteiger charge is -2.25. The Balaban J connectivity index is 1.84. The van der Waals surface area contributed by atoms with Crippen LogP contribution < -0.4 is 5.32 Å². The maximum Gasteiger partial charge on any atom is 0.154 e. The van der Waals surface area contributed by atoms with Gasteiger partial charge in [-0.2, -0.15) is 0 Å². The molecule has 2 aromatic heterocycles. The van der Waals surface area contributed by atoms with Crippen LogP contribution in [0.25, 0.3) is 11.0 Å². The van der Waals surface area contributed by atoms with Gasteiger partial charge in [-0.05, 0) is 24.8 Å². The standard InChI is InChI=1S/C12H16N4/c1-16-8-15-11-10(16)5-6-13-12(11)14-7-9-3-2-4-9/h5-6,8-9H,2-4,7H2,1H3,(H,13,14). The smallest absolute Gasteiger partial charge is 0.154 e. The van der Waals surface area contributed by atoms with Gasteiger partial charge in [0.25, 0.3) is 0 Å². The lowest BCUT2D eigenvalue weighted by atomic mass is 9.85. The van der Waals surface area contributed by atoms with Gasteiger partial charge >= 0.3 is 0 Å². The van der Waals surface area contributed by atoms with Crippen molar-refractivity contribution in [1.29, 1.82) is 0 Å². The Morgan fingerprint density at radius 3 is 3.06 bits per heavy atom. The van der Waals surface area contributed by atoms with Crippen molar-refractivity contribution >= 4 is 16.9 Å². The highest BCUT2D eigenvalue weighted by Crippen LogP contribution is 2.27. The van der Waals surface area contributed by atoms with Crippen LogP contribution in [0.1, 0.15) is 19.3 Å². The Labute approximate surface area is 94.7 Å². The summed E-state index contributed by atoms with van der Waals surface area (Å²) in [6, 6.07) is 2.00. The minimum atomic E-state index is 0.834. The maximum absolute atomic E-state index is 4.38. The Kier molecular flexibility index (Phi) is 2.27. The van der Waals surface area contributed by atoms with E-state index in [-0.39, 0.29) is 0 Å². The average molecular weight is 216 g/mol. The van der Waals surface area contributed by atoms with Crippen LogP contribution in [0.4, 0.5) is 5.82 Å². The highest BCUT2D eigenvalue weighted by molar-refractivity contribution is 5.85. The van der Waals surface area contributed by atoms with Crippen LogP contribution in [0.15, 0.2) is 18.6 Å². The van der Waals surface area contributed by atoms with Gasteiger partial charge in [0.05, 0.1) is 11.8 Å². The number of fused-ring (bicyclic) bond motifs is 1. The van der Waals surface area contributed by atoms with E-state index in [1.807, 2.05) is 30.2 Å². The van der Waals surface area contributed by atoms with Crippen molar-refractivity contribution in [3.8, 4) is 0 Å². The SMILES string of the molecule is Cn1cnc2c(NCC3CCC3)nccc21. The van der Waals surface area contributed by atoms with Crippen molar-refractivity contribution in [1.82, 2.24) is 14.5 Å². The summed E-state index contributed by atoms with van der Waals surface area (Å²) in [6.45, 7) is 1.03. The van der Waals surface area contributed by atoms with Crippen LogP contribution >= 0.6 is 0 Å². The molecule has 84 valence electrons. The van der Waals surface area contributed by atoms with Crippen LogP contribution in [-0.2, 0) is 7.05 Å². The van der Waals surface area contributed by atoms with E-state index in [4.69, 9.17) is 0 Å². The number of nitrogens with zero attached hydrogens (tertiary/aromatic N) is 3. The zero-order valence-electron chi connectivity index (χ0n) is 9.48. The zero-order chi connectivity index (χ0) is 11.0. The number of hydrogen-bond donors (Lipinski definition) is 1. The van der Waals surface area contributed by atoms with Gasteiger partial charge in [-0.1, -0.05) is 6.42 Å². The lowest BCUT2D eigenvalue weighted by molar-refractivity contribution is 0.333. The summed E-state index contributed by atoms with van der Waals surface area (Å²) in [6.07, 6.45) is 7.76. The van der Waals surface area contributed by atoms with Crippen LogP contribution in [0.2, 0.25) is 0 Å². The predicted molar refractivity (Wildman–Crippen MR) is 64.3 cm³/mol. The molecule has 0 unspecified atom stereocenters. The molecule has 3 rings (SSSR count). The quantitative estimate of drug-likeness (QED) is 0.855. The first-order valence-electron chi connectivity index (χ1n) is 5.84. The molecule has 0 spiro atoms. The predicted octanol–water partition coefficient (Wildman–Crippen LogP) is 2.18. The minimum absolute atomic E-state index is 0.834. The third kappa shape index (κ3) is 1.54. The fraction of sp³-hybridized carbons (Fsp3) is 0.500. The molecule has 16 heavy (non-hydrogen) atoms. The molecule has 4 nitrogen and oxygen atoms in total. The van der Waals surface area contributed by atoms with E-state index in [1.165, 1.54) is 19.3 Å². The summed E-state index contributed by atoms with van der Waals surface area (Å²) in [5.41, 5.74) is 2.11. The van der Waals surface area contributed by atoms with Crippen LogP contribution in [0, 0.1) is 5.92 Å². The van der Waals surface area contributed by atoms with Crippen molar-refractivity contribution in [2.45, 2.75) is 19.3 Å². The minimum Gasteiger partial charge on any atom is -0.368 e. The normalized spacial score (nSPS) is 16.3. The molecule has 1 fully saturated rings. The number of aryl methyl sites for hydroxylation is 1. The molecule has 0 saturated heterocycles. The van der Waals surface area contributed by atoms with E-state index in [9.17, 15) is 0 Å². The molecule has 1 aliphatic carbocycles. The van der Waals surface area contributed by atoms with Crippen LogP contribution in [0.5, 0.6) is 0 Å². The lowest BCUT2D eigenvalue weighted by Crippen LogP contribution is -2.21. The molecule has 0 radical (unpaired) electrons. The Morgan fingerprint density at radius 2 is 2.31 bits per heavy atom. The van der Waals surface area contributed by atoms with Crippen LogP contribution in [-0.4, -0.2) is 21.1 Å². The Hall–Kier alpha value is -1.58. The molecule has 1 saturated carbocycles. The van der Waals surface area contributed by atoms with E-state index >= 15 is 0 Å². The number of anilines is 1. The highest BCUT2D eigenvalue weighted by atomic mass is 15.1. The molecule has 1 aliphatic rings. The Bertz CT molecular complexity index is 499. The monoisotopic (exact) mass is 216 g/mol. The summed E-state index contributed by atoms with van der Waals surface area (Å²) in [7, 11) is 2.01. The third-order valence-corrected chi connectivity index (χ3v) is 3.43. The van der Waals surface area contributed by atoms with Gasteiger partial charge in [-0.3, -0.25) is 0 Å². The first kappa shape index (κ1) is 9.63. The van der Waals surface area contributed by atoms with E-state index in [2.05, 4.69) is 15.3 Å². The Morgan fingerprint density at radius 1 is 1.44 bits per heavy atom. The zero-order valence-corrected chi connectivity index (χ0v) is 9.48. The van der Waals surface area contributed by atoms with Gasteiger partial charge in [0.1, 0.15) is 5.52 Å². The summed E-state index contributed by atoms with van der Waals surface area (Å²) in [5.74, 6) is 1.76. The number of imidazole rings is 1. The van der Waals surface area contributed by atoms with Crippen molar-refractivity contribution < 1.29 is 0 Å². The second-order valence-electron chi connectivity index (χ2n) is 4.56. The molecule has 1 N–H and O–H groups in total. The molecule has 0 amide bonds. The number of hydrogen-bond acceptors (Lipinski definition) is 3.